The van der Waals surface area contributed by atoms with Crippen LogP contribution in [0.2, 0.25) is 0 Å². The fourth-order valence-electron chi connectivity index (χ4n) is 0.465. The van der Waals surface area contributed by atoms with Gasteiger partial charge in [-0.05, 0) is 13.8 Å². The number of aliphatic carboxylic acids is 1. The van der Waals surface area contributed by atoms with E-state index in [1.807, 2.05) is 0 Å². The molecule has 0 atom stereocenters. The summed E-state index contributed by atoms with van der Waals surface area (Å²) in [5.41, 5.74) is 0. The zero-order valence-electron chi connectivity index (χ0n) is 6.57. The zero-order valence-corrected chi connectivity index (χ0v) is 7.39. The molecule has 0 rings (SSSR count). The monoisotopic (exact) mass is 180 g/mol. The van der Waals surface area contributed by atoms with Crippen molar-refractivity contribution in [2.45, 2.75) is 25.5 Å². The van der Waals surface area contributed by atoms with E-state index < -0.39 is 21.1 Å². The maximum Gasteiger partial charge on any atom is 0.304 e. The Morgan fingerprint density at radius 2 is 1.91 bits per heavy atom. The molecular formula is C6H12O4S. The van der Waals surface area contributed by atoms with E-state index in [1.54, 1.807) is 0 Å². The number of carbonyl (C=O) groups is 1. The summed E-state index contributed by atoms with van der Waals surface area (Å²) in [6, 6.07) is 0. The smallest absolute Gasteiger partial charge is 0.304 e. The molecule has 0 amide bonds. The van der Waals surface area contributed by atoms with E-state index in [-0.39, 0.29) is 12.2 Å². The van der Waals surface area contributed by atoms with E-state index in [4.69, 9.17) is 5.11 Å². The molecule has 0 bridgehead atoms. The molecule has 0 fully saturated rings. The van der Waals surface area contributed by atoms with Crippen molar-refractivity contribution in [1.29, 1.82) is 0 Å². The lowest BCUT2D eigenvalue weighted by Gasteiger charge is -2.04. The lowest BCUT2D eigenvalue weighted by atomic mass is 10.5. The minimum atomic E-state index is -3.17. The molecule has 0 heterocycles. The summed E-state index contributed by atoms with van der Waals surface area (Å²) in [4.78, 5) is 10.0. The Hall–Kier alpha value is -0.580. The first-order valence-corrected chi connectivity index (χ1v) is 5.01. The summed E-state index contributed by atoms with van der Waals surface area (Å²) in [6.45, 7) is 3.08. The molecule has 0 aromatic rings. The number of sulfone groups is 1. The lowest BCUT2D eigenvalue weighted by Crippen LogP contribution is -2.19. The SMILES string of the molecule is CC(C)S(=O)(=O)CCC(=O)O. The van der Waals surface area contributed by atoms with Gasteiger partial charge in [-0.1, -0.05) is 0 Å². The van der Waals surface area contributed by atoms with Gasteiger partial charge in [0.15, 0.2) is 9.84 Å². The van der Waals surface area contributed by atoms with E-state index in [0.717, 1.165) is 0 Å². The van der Waals surface area contributed by atoms with Gasteiger partial charge in [-0.2, -0.15) is 0 Å². The normalized spacial score (nSPS) is 11.9. The van der Waals surface area contributed by atoms with Crippen molar-refractivity contribution in [1.82, 2.24) is 0 Å². The fraction of sp³-hybridized carbons (Fsp3) is 0.833. The Kier molecular flexibility index (Phi) is 3.51. The molecule has 11 heavy (non-hydrogen) atoms. The van der Waals surface area contributed by atoms with E-state index in [0.29, 0.717) is 0 Å². The first-order valence-electron chi connectivity index (χ1n) is 3.29. The van der Waals surface area contributed by atoms with Gasteiger partial charge in [-0.25, -0.2) is 8.42 Å². The standard InChI is InChI=1S/C6H12O4S/c1-5(2)11(9,10)4-3-6(7)8/h5H,3-4H2,1-2H3,(H,7,8). The molecule has 0 saturated carbocycles. The third kappa shape index (κ3) is 3.98. The van der Waals surface area contributed by atoms with Crippen molar-refractivity contribution >= 4 is 15.8 Å². The second-order valence-electron chi connectivity index (χ2n) is 2.56. The molecule has 0 unspecified atom stereocenters. The molecule has 0 saturated heterocycles. The van der Waals surface area contributed by atoms with Crippen LogP contribution in [0, 0.1) is 0 Å². The zero-order chi connectivity index (χ0) is 9.07. The van der Waals surface area contributed by atoms with Gasteiger partial charge in [-0.15, -0.1) is 0 Å². The summed E-state index contributed by atoms with van der Waals surface area (Å²) in [5, 5.41) is 7.71. The maximum absolute atomic E-state index is 11.0. The Balaban J connectivity index is 4.05. The number of hydrogen-bond donors (Lipinski definition) is 1. The molecule has 4 nitrogen and oxygen atoms in total. The van der Waals surface area contributed by atoms with Crippen molar-refractivity contribution in [3.8, 4) is 0 Å². The van der Waals surface area contributed by atoms with Crippen LogP contribution in [0.25, 0.3) is 0 Å². The van der Waals surface area contributed by atoms with Crippen molar-refractivity contribution in [3.05, 3.63) is 0 Å². The first kappa shape index (κ1) is 10.4. The second kappa shape index (κ2) is 3.71. The van der Waals surface area contributed by atoms with Crippen molar-refractivity contribution in [2.24, 2.45) is 0 Å². The summed E-state index contributed by atoms with van der Waals surface area (Å²) >= 11 is 0. The highest BCUT2D eigenvalue weighted by atomic mass is 32.2. The topological polar surface area (TPSA) is 71.4 Å². The summed E-state index contributed by atoms with van der Waals surface area (Å²) < 4.78 is 21.9. The van der Waals surface area contributed by atoms with E-state index in [1.165, 1.54) is 13.8 Å². The third-order valence-electron chi connectivity index (χ3n) is 1.32. The van der Waals surface area contributed by atoms with E-state index >= 15 is 0 Å². The van der Waals surface area contributed by atoms with Crippen LogP contribution in [-0.2, 0) is 14.6 Å². The Bertz CT molecular complexity index is 227. The molecule has 66 valence electrons. The van der Waals surface area contributed by atoms with Crippen LogP contribution in [0.4, 0.5) is 0 Å². The summed E-state index contributed by atoms with van der Waals surface area (Å²) in [7, 11) is -3.17. The predicted molar refractivity (Wildman–Crippen MR) is 41.2 cm³/mol. The highest BCUT2D eigenvalue weighted by molar-refractivity contribution is 7.91. The van der Waals surface area contributed by atoms with E-state index in [9.17, 15) is 13.2 Å². The number of carboxylic acid groups (broad SMARTS) is 1. The molecule has 5 heteroatoms. The number of rotatable bonds is 4. The van der Waals surface area contributed by atoms with Gasteiger partial charge < -0.3 is 5.11 Å². The molecule has 1 N–H and O–H groups in total. The third-order valence-corrected chi connectivity index (χ3v) is 3.53. The van der Waals surface area contributed by atoms with Gasteiger partial charge in [-0.3, -0.25) is 4.79 Å². The van der Waals surface area contributed by atoms with Crippen molar-refractivity contribution in [2.75, 3.05) is 5.75 Å². The van der Waals surface area contributed by atoms with Crippen LogP contribution in [0.15, 0.2) is 0 Å². The Morgan fingerprint density at radius 3 is 2.18 bits per heavy atom. The molecule has 0 aliphatic carbocycles. The summed E-state index contributed by atoms with van der Waals surface area (Å²) in [6.07, 6.45) is -0.305. The van der Waals surface area contributed by atoms with Gasteiger partial charge in [0.05, 0.1) is 17.4 Å². The predicted octanol–water partition coefficient (Wildman–Crippen LogP) is 0.284. The lowest BCUT2D eigenvalue weighted by molar-refractivity contribution is -0.136. The highest BCUT2D eigenvalue weighted by Crippen LogP contribution is 2.01. The van der Waals surface area contributed by atoms with Crippen LogP contribution < -0.4 is 0 Å². The van der Waals surface area contributed by atoms with Crippen LogP contribution in [0.1, 0.15) is 20.3 Å². The molecule has 0 aliphatic heterocycles. The Labute approximate surface area is 66.1 Å². The van der Waals surface area contributed by atoms with Crippen LogP contribution in [-0.4, -0.2) is 30.5 Å². The van der Waals surface area contributed by atoms with Gasteiger partial charge in [0.2, 0.25) is 0 Å². The molecule has 0 aromatic carbocycles. The van der Waals surface area contributed by atoms with Gasteiger partial charge in [0.25, 0.3) is 0 Å². The summed E-state index contributed by atoms with van der Waals surface area (Å²) in [5.74, 6) is -1.34. The van der Waals surface area contributed by atoms with Gasteiger partial charge in [0, 0.05) is 0 Å². The largest absolute Gasteiger partial charge is 0.481 e. The highest BCUT2D eigenvalue weighted by Gasteiger charge is 2.16. The van der Waals surface area contributed by atoms with Gasteiger partial charge in [0.1, 0.15) is 0 Å². The molecular weight excluding hydrogens is 168 g/mol. The Morgan fingerprint density at radius 1 is 1.45 bits per heavy atom. The van der Waals surface area contributed by atoms with Crippen LogP contribution in [0.3, 0.4) is 0 Å². The molecule has 0 aromatic heterocycles. The fourth-order valence-corrected chi connectivity index (χ4v) is 1.40. The van der Waals surface area contributed by atoms with Crippen molar-refractivity contribution < 1.29 is 18.3 Å². The number of hydrogen-bond acceptors (Lipinski definition) is 3. The minimum absolute atomic E-state index is 0.264. The van der Waals surface area contributed by atoms with Crippen LogP contribution in [0.5, 0.6) is 0 Å². The molecule has 0 spiro atoms. The maximum atomic E-state index is 11.0. The van der Waals surface area contributed by atoms with Gasteiger partial charge >= 0.3 is 5.97 Å². The van der Waals surface area contributed by atoms with E-state index in [2.05, 4.69) is 0 Å². The average molecular weight is 180 g/mol. The minimum Gasteiger partial charge on any atom is -0.481 e. The molecule has 0 aliphatic rings. The van der Waals surface area contributed by atoms with Crippen molar-refractivity contribution in [3.63, 3.8) is 0 Å². The second-order valence-corrected chi connectivity index (χ2v) is 5.24. The number of carboxylic acids is 1. The van der Waals surface area contributed by atoms with Crippen LogP contribution >= 0.6 is 0 Å². The molecule has 0 radical (unpaired) electrons. The quantitative estimate of drug-likeness (QED) is 0.674. The average Bonchev–Trinajstić information content (AvgIpc) is 1.84. The first-order chi connectivity index (χ1) is 4.86.